The number of carbonyl (C=O) groups excluding carboxylic acids is 1. The van der Waals surface area contributed by atoms with Crippen molar-refractivity contribution >= 4 is 50.6 Å². The number of hydrogen-bond acceptors (Lipinski definition) is 6. The van der Waals surface area contributed by atoms with E-state index < -0.39 is 21.5 Å². The highest BCUT2D eigenvalue weighted by molar-refractivity contribution is 7.99. The van der Waals surface area contributed by atoms with Crippen molar-refractivity contribution in [2.75, 3.05) is 40.6 Å². The summed E-state index contributed by atoms with van der Waals surface area (Å²) in [5, 5.41) is 3.13. The van der Waals surface area contributed by atoms with Gasteiger partial charge in [-0.05, 0) is 36.4 Å². The van der Waals surface area contributed by atoms with Gasteiger partial charge in [0, 0.05) is 35.8 Å². The Morgan fingerprint density at radius 2 is 1.88 bits per heavy atom. The Morgan fingerprint density at radius 1 is 1.19 bits per heavy atom. The number of hydrogen-bond donors (Lipinski definition) is 1. The molecule has 0 aliphatic carbocycles. The van der Waals surface area contributed by atoms with Crippen LogP contribution in [0.3, 0.4) is 0 Å². The smallest absolute Gasteiger partial charge is 0.240 e. The molecule has 1 fully saturated rings. The number of pyridine rings is 1. The average molecular weight is 412 g/mol. The lowest BCUT2D eigenvalue weighted by Gasteiger charge is -2.29. The van der Waals surface area contributed by atoms with Crippen molar-refractivity contribution in [3.63, 3.8) is 0 Å². The highest BCUT2D eigenvalue weighted by atomic mass is 35.5. The third-order valence-corrected chi connectivity index (χ3v) is 6.69. The molecule has 26 heavy (non-hydrogen) atoms. The lowest BCUT2D eigenvalue weighted by atomic mass is 10.3. The third kappa shape index (κ3) is 4.69. The molecule has 2 heterocycles. The fourth-order valence-corrected chi connectivity index (χ4v) is 4.77. The Labute approximate surface area is 161 Å². The van der Waals surface area contributed by atoms with Crippen molar-refractivity contribution in [3.8, 4) is 0 Å². The zero-order chi connectivity index (χ0) is 18.6. The number of anilines is 2. The van der Waals surface area contributed by atoms with Gasteiger partial charge in [0.15, 0.2) is 15.7 Å². The zero-order valence-electron chi connectivity index (χ0n) is 13.9. The van der Waals surface area contributed by atoms with Crippen LogP contribution in [0, 0.1) is 0 Å². The highest BCUT2D eigenvalue weighted by Crippen LogP contribution is 2.25. The summed E-state index contributed by atoms with van der Waals surface area (Å²) < 4.78 is 24.8. The second-order valence-corrected chi connectivity index (χ2v) is 9.39. The molecule has 0 spiro atoms. The molecule has 3 rings (SSSR count). The molecule has 2 aromatic rings. The number of carbonyl (C=O) groups is 1. The maximum absolute atomic E-state index is 12.4. The second-order valence-electron chi connectivity index (χ2n) is 5.74. The minimum absolute atomic E-state index is 0.0662. The van der Waals surface area contributed by atoms with Gasteiger partial charge < -0.3 is 10.2 Å². The van der Waals surface area contributed by atoms with Crippen LogP contribution >= 0.6 is 23.4 Å². The minimum atomic E-state index is -3.74. The number of rotatable bonds is 5. The molecule has 1 aromatic heterocycles. The number of sulfone groups is 1. The van der Waals surface area contributed by atoms with E-state index >= 15 is 0 Å². The van der Waals surface area contributed by atoms with Crippen molar-refractivity contribution in [2.45, 2.75) is 4.90 Å². The summed E-state index contributed by atoms with van der Waals surface area (Å²) in [6.07, 6.45) is 1.66. The lowest BCUT2D eigenvalue weighted by molar-refractivity contribution is -0.113. The first-order chi connectivity index (χ1) is 12.5. The van der Waals surface area contributed by atoms with Crippen LogP contribution in [0.2, 0.25) is 5.02 Å². The molecule has 9 heteroatoms. The quantitative estimate of drug-likeness (QED) is 0.814. The molecule has 0 unspecified atom stereocenters. The summed E-state index contributed by atoms with van der Waals surface area (Å²) in [5.74, 6) is 1.42. The third-order valence-electron chi connectivity index (χ3n) is 3.87. The topological polar surface area (TPSA) is 79.4 Å². The van der Waals surface area contributed by atoms with Gasteiger partial charge in [-0.3, -0.25) is 4.79 Å². The molecule has 0 saturated carbocycles. The van der Waals surface area contributed by atoms with E-state index in [2.05, 4.69) is 15.2 Å². The predicted octanol–water partition coefficient (Wildman–Crippen LogP) is 2.70. The van der Waals surface area contributed by atoms with Crippen molar-refractivity contribution in [1.29, 1.82) is 0 Å². The zero-order valence-corrected chi connectivity index (χ0v) is 16.3. The average Bonchev–Trinajstić information content (AvgIpc) is 2.63. The number of nitrogens with one attached hydrogen (secondary N) is 1. The molecule has 138 valence electrons. The van der Waals surface area contributed by atoms with E-state index in [-0.39, 0.29) is 4.90 Å². The first kappa shape index (κ1) is 19.0. The molecular formula is C17H18ClN3O3S2. The number of aromatic nitrogens is 1. The van der Waals surface area contributed by atoms with Gasteiger partial charge >= 0.3 is 0 Å². The predicted molar refractivity (Wildman–Crippen MR) is 106 cm³/mol. The van der Waals surface area contributed by atoms with Crippen LogP contribution in [0.1, 0.15) is 0 Å². The lowest BCUT2D eigenvalue weighted by Crippen LogP contribution is -2.34. The van der Waals surface area contributed by atoms with E-state index in [0.29, 0.717) is 16.5 Å². The second kappa shape index (κ2) is 8.28. The summed E-state index contributed by atoms with van der Waals surface area (Å²) in [4.78, 5) is 18.9. The van der Waals surface area contributed by atoms with Crippen LogP contribution in [0.4, 0.5) is 11.5 Å². The summed E-state index contributed by atoms with van der Waals surface area (Å²) in [5.41, 5.74) is 0.524. The molecule has 1 aromatic carbocycles. The molecule has 0 atom stereocenters. The number of benzene rings is 1. The molecule has 1 aliphatic heterocycles. The summed E-state index contributed by atoms with van der Waals surface area (Å²) >= 11 is 7.65. The van der Waals surface area contributed by atoms with Gasteiger partial charge in [-0.1, -0.05) is 11.6 Å². The van der Waals surface area contributed by atoms with Gasteiger partial charge in [0.05, 0.1) is 10.6 Å². The Morgan fingerprint density at radius 3 is 2.58 bits per heavy atom. The van der Waals surface area contributed by atoms with E-state index in [1.165, 1.54) is 24.3 Å². The van der Waals surface area contributed by atoms with Crippen molar-refractivity contribution in [3.05, 3.63) is 47.6 Å². The first-order valence-electron chi connectivity index (χ1n) is 8.01. The summed E-state index contributed by atoms with van der Waals surface area (Å²) in [6.45, 7) is 1.68. The van der Waals surface area contributed by atoms with E-state index in [0.717, 1.165) is 24.6 Å². The first-order valence-corrected chi connectivity index (χ1v) is 11.2. The van der Waals surface area contributed by atoms with Crippen LogP contribution < -0.4 is 10.2 Å². The highest BCUT2D eigenvalue weighted by Gasteiger charge is 2.22. The number of thioether (sulfide) groups is 1. The molecule has 0 bridgehead atoms. The van der Waals surface area contributed by atoms with Crippen molar-refractivity contribution in [2.24, 2.45) is 0 Å². The van der Waals surface area contributed by atoms with Gasteiger partial charge in [-0.15, -0.1) is 0 Å². The van der Waals surface area contributed by atoms with E-state index in [4.69, 9.17) is 11.6 Å². The van der Waals surface area contributed by atoms with E-state index in [9.17, 15) is 13.2 Å². The number of halogens is 1. The molecule has 1 N–H and O–H groups in total. The molecule has 0 radical (unpaired) electrons. The van der Waals surface area contributed by atoms with Crippen LogP contribution in [-0.2, 0) is 14.6 Å². The Balaban J connectivity index is 1.73. The summed E-state index contributed by atoms with van der Waals surface area (Å²) in [6, 6.07) is 9.21. The largest absolute Gasteiger partial charge is 0.353 e. The maximum Gasteiger partial charge on any atom is 0.240 e. The standard InChI is InChI=1S/C17H18ClN3O3S2/c18-13-3-5-14(6-4-13)26(23,24)12-16(22)20-15-2-1-7-19-17(15)21-8-10-25-11-9-21/h1-7H,8-12H2,(H,20,22). The number of amides is 1. The maximum atomic E-state index is 12.4. The Bertz CT molecular complexity index is 882. The monoisotopic (exact) mass is 411 g/mol. The van der Waals surface area contributed by atoms with Crippen LogP contribution in [-0.4, -0.2) is 49.7 Å². The number of nitrogens with zero attached hydrogens (tertiary/aromatic N) is 2. The van der Waals surface area contributed by atoms with E-state index in [1.807, 2.05) is 11.8 Å². The van der Waals surface area contributed by atoms with E-state index in [1.54, 1.807) is 18.3 Å². The van der Waals surface area contributed by atoms with Gasteiger partial charge in [0.25, 0.3) is 0 Å². The van der Waals surface area contributed by atoms with Crippen molar-refractivity contribution in [1.82, 2.24) is 4.98 Å². The van der Waals surface area contributed by atoms with Gasteiger partial charge in [0.2, 0.25) is 5.91 Å². The van der Waals surface area contributed by atoms with Gasteiger partial charge in [-0.2, -0.15) is 11.8 Å². The minimum Gasteiger partial charge on any atom is -0.353 e. The summed E-state index contributed by atoms with van der Waals surface area (Å²) in [7, 11) is -3.74. The molecular weight excluding hydrogens is 394 g/mol. The molecule has 1 saturated heterocycles. The van der Waals surface area contributed by atoms with Gasteiger partial charge in [0.1, 0.15) is 5.75 Å². The van der Waals surface area contributed by atoms with Crippen LogP contribution in [0.15, 0.2) is 47.5 Å². The SMILES string of the molecule is O=C(CS(=O)(=O)c1ccc(Cl)cc1)Nc1cccnc1N1CCSCC1. The molecule has 1 aliphatic rings. The Hall–Kier alpha value is -1.77. The fraction of sp³-hybridized carbons (Fsp3) is 0.294. The fourth-order valence-electron chi connectivity index (χ4n) is 2.61. The van der Waals surface area contributed by atoms with Crippen LogP contribution in [0.25, 0.3) is 0 Å². The Kier molecular flexibility index (Phi) is 6.05. The van der Waals surface area contributed by atoms with Gasteiger partial charge in [-0.25, -0.2) is 13.4 Å². The van der Waals surface area contributed by atoms with Crippen molar-refractivity contribution < 1.29 is 13.2 Å². The normalized spacial score (nSPS) is 14.9. The molecule has 1 amide bonds. The molecule has 6 nitrogen and oxygen atoms in total. The van der Waals surface area contributed by atoms with Crippen LogP contribution in [0.5, 0.6) is 0 Å².